The van der Waals surface area contributed by atoms with Gasteiger partial charge in [-0.2, -0.15) is 0 Å². The molecule has 0 bridgehead atoms. The summed E-state index contributed by atoms with van der Waals surface area (Å²) < 4.78 is 6.32. The Labute approximate surface area is 151 Å². The molecular weight excluding hydrogens is 368 g/mol. The second-order valence-corrected chi connectivity index (χ2v) is 6.59. The van der Waals surface area contributed by atoms with Crippen molar-refractivity contribution in [2.24, 2.45) is 0 Å². The van der Waals surface area contributed by atoms with Gasteiger partial charge in [-0.25, -0.2) is 0 Å². The highest BCUT2D eigenvalue weighted by molar-refractivity contribution is 9.10. The maximum atomic E-state index is 12.0. The number of halogens is 1. The van der Waals surface area contributed by atoms with E-state index >= 15 is 0 Å². The third kappa shape index (κ3) is 5.98. The third-order valence-corrected chi connectivity index (χ3v) is 4.28. The topological polar surface area (TPSA) is 41.6 Å². The summed E-state index contributed by atoms with van der Waals surface area (Å²) in [5.74, 6) is 0.940. The molecule has 2 aromatic carbocycles. The van der Waals surface area contributed by atoms with Gasteiger partial charge in [-0.3, -0.25) is 4.79 Å². The van der Waals surface area contributed by atoms with Crippen LogP contribution in [0.5, 0.6) is 5.75 Å². The average Bonchev–Trinajstić information content (AvgIpc) is 2.58. The number of likely N-dealkylation sites (N-methyl/N-ethyl adjacent to an activating group) is 1. The smallest absolute Gasteiger partial charge is 0.225 e. The molecule has 2 rings (SSSR count). The number of carbonyl (C=O) groups excluding carboxylic acids is 1. The SMILES string of the molecule is COc1ccccc1CCN(C)CCC(=O)Nc1cccc(Br)c1. The minimum Gasteiger partial charge on any atom is -0.496 e. The number of anilines is 1. The number of hydrogen-bond donors (Lipinski definition) is 1. The van der Waals surface area contributed by atoms with E-state index in [1.54, 1.807) is 7.11 Å². The minimum atomic E-state index is 0.0252. The van der Waals surface area contributed by atoms with Gasteiger partial charge in [0.15, 0.2) is 0 Å². The third-order valence-electron chi connectivity index (χ3n) is 3.78. The molecule has 24 heavy (non-hydrogen) atoms. The van der Waals surface area contributed by atoms with Crippen LogP contribution >= 0.6 is 15.9 Å². The predicted octanol–water partition coefficient (Wildman–Crippen LogP) is 3.96. The van der Waals surface area contributed by atoms with Crippen LogP contribution in [-0.2, 0) is 11.2 Å². The summed E-state index contributed by atoms with van der Waals surface area (Å²) in [5.41, 5.74) is 2.00. The fourth-order valence-electron chi connectivity index (χ4n) is 2.41. The molecule has 0 spiro atoms. The summed E-state index contributed by atoms with van der Waals surface area (Å²) in [6.45, 7) is 1.60. The number of rotatable bonds is 8. The molecule has 0 saturated carbocycles. The van der Waals surface area contributed by atoms with E-state index in [2.05, 4.69) is 32.2 Å². The number of amides is 1. The number of nitrogens with one attached hydrogen (secondary N) is 1. The highest BCUT2D eigenvalue weighted by Gasteiger charge is 2.07. The molecule has 5 heteroatoms. The summed E-state index contributed by atoms with van der Waals surface area (Å²) >= 11 is 3.40. The second kappa shape index (κ2) is 9.45. The number of para-hydroxylation sites is 1. The van der Waals surface area contributed by atoms with Gasteiger partial charge in [0.2, 0.25) is 5.91 Å². The molecule has 0 aliphatic carbocycles. The van der Waals surface area contributed by atoms with Crippen LogP contribution in [0.2, 0.25) is 0 Å². The first-order valence-electron chi connectivity index (χ1n) is 7.94. The Bertz CT molecular complexity index is 676. The molecule has 0 heterocycles. The molecule has 0 aliphatic rings. The zero-order chi connectivity index (χ0) is 17.4. The van der Waals surface area contributed by atoms with E-state index in [4.69, 9.17) is 4.74 Å². The number of methoxy groups -OCH3 is 1. The number of ether oxygens (including phenoxy) is 1. The van der Waals surface area contributed by atoms with Crippen LogP contribution in [0.4, 0.5) is 5.69 Å². The van der Waals surface area contributed by atoms with Gasteiger partial charge < -0.3 is 15.0 Å². The Hall–Kier alpha value is -1.85. The predicted molar refractivity (Wildman–Crippen MR) is 102 cm³/mol. The molecule has 0 fully saturated rings. The van der Waals surface area contributed by atoms with Crippen LogP contribution in [0, 0.1) is 0 Å². The molecule has 4 nitrogen and oxygen atoms in total. The van der Waals surface area contributed by atoms with E-state index < -0.39 is 0 Å². The highest BCUT2D eigenvalue weighted by Crippen LogP contribution is 2.18. The largest absolute Gasteiger partial charge is 0.496 e. The average molecular weight is 391 g/mol. The maximum absolute atomic E-state index is 12.0. The van der Waals surface area contributed by atoms with Crippen molar-refractivity contribution >= 4 is 27.5 Å². The summed E-state index contributed by atoms with van der Waals surface area (Å²) in [6, 6.07) is 15.6. The summed E-state index contributed by atoms with van der Waals surface area (Å²) in [5, 5.41) is 2.91. The van der Waals surface area contributed by atoms with Crippen LogP contribution < -0.4 is 10.1 Å². The van der Waals surface area contributed by atoms with Crippen molar-refractivity contribution in [3.8, 4) is 5.75 Å². The number of carbonyl (C=O) groups is 1. The molecular formula is C19H23BrN2O2. The highest BCUT2D eigenvalue weighted by atomic mass is 79.9. The number of nitrogens with zero attached hydrogens (tertiary/aromatic N) is 1. The van der Waals surface area contributed by atoms with Crippen LogP contribution in [0.25, 0.3) is 0 Å². The lowest BCUT2D eigenvalue weighted by Gasteiger charge is -2.17. The van der Waals surface area contributed by atoms with Gasteiger partial charge in [0.1, 0.15) is 5.75 Å². The lowest BCUT2D eigenvalue weighted by Crippen LogP contribution is -2.26. The molecule has 1 amide bonds. The number of benzene rings is 2. The van der Waals surface area contributed by atoms with Crippen molar-refractivity contribution in [1.82, 2.24) is 4.90 Å². The van der Waals surface area contributed by atoms with Crippen molar-refractivity contribution in [3.63, 3.8) is 0 Å². The molecule has 0 aromatic heterocycles. The Kier molecular flexibility index (Phi) is 7.28. The van der Waals surface area contributed by atoms with Gasteiger partial charge in [0, 0.05) is 29.7 Å². The molecule has 0 saturated heterocycles. The maximum Gasteiger partial charge on any atom is 0.225 e. The van der Waals surface area contributed by atoms with E-state index in [9.17, 15) is 4.79 Å². The van der Waals surface area contributed by atoms with Crippen LogP contribution in [0.15, 0.2) is 53.0 Å². The summed E-state index contributed by atoms with van der Waals surface area (Å²) in [7, 11) is 3.72. The normalized spacial score (nSPS) is 10.7. The van der Waals surface area contributed by atoms with Crippen LogP contribution in [-0.4, -0.2) is 38.1 Å². The van der Waals surface area contributed by atoms with E-state index in [-0.39, 0.29) is 5.91 Å². The standard InChI is InChI=1S/C19H23BrN2O2/c1-22(12-10-15-6-3-4-9-18(15)24-2)13-11-19(23)21-17-8-5-7-16(20)14-17/h3-9,14H,10-13H2,1-2H3,(H,21,23). The van der Waals surface area contributed by atoms with E-state index in [0.29, 0.717) is 6.42 Å². The van der Waals surface area contributed by atoms with Crippen LogP contribution in [0.3, 0.4) is 0 Å². The monoisotopic (exact) mass is 390 g/mol. The Morgan fingerprint density at radius 3 is 2.71 bits per heavy atom. The van der Waals surface area contributed by atoms with Gasteiger partial charge in [-0.1, -0.05) is 40.2 Å². The molecule has 0 atom stereocenters. The molecule has 0 radical (unpaired) electrons. The first kappa shape index (κ1) is 18.5. The van der Waals surface area contributed by atoms with Gasteiger partial charge in [0.25, 0.3) is 0 Å². The molecule has 2 aromatic rings. The van der Waals surface area contributed by atoms with Gasteiger partial charge in [0.05, 0.1) is 7.11 Å². The lowest BCUT2D eigenvalue weighted by atomic mass is 10.1. The van der Waals surface area contributed by atoms with Crippen molar-refractivity contribution in [3.05, 3.63) is 58.6 Å². The fraction of sp³-hybridized carbons (Fsp3) is 0.316. The summed E-state index contributed by atoms with van der Waals surface area (Å²) in [4.78, 5) is 14.2. The van der Waals surface area contributed by atoms with Crippen molar-refractivity contribution in [2.45, 2.75) is 12.8 Å². The first-order chi connectivity index (χ1) is 11.6. The van der Waals surface area contributed by atoms with Crippen LogP contribution in [0.1, 0.15) is 12.0 Å². The van der Waals surface area contributed by atoms with Gasteiger partial charge >= 0.3 is 0 Å². The Morgan fingerprint density at radius 1 is 1.17 bits per heavy atom. The minimum absolute atomic E-state index is 0.0252. The first-order valence-corrected chi connectivity index (χ1v) is 8.73. The van der Waals surface area contributed by atoms with Gasteiger partial charge in [-0.05, 0) is 43.3 Å². The fourth-order valence-corrected chi connectivity index (χ4v) is 2.81. The molecule has 0 unspecified atom stereocenters. The van der Waals surface area contributed by atoms with E-state index in [1.165, 1.54) is 5.56 Å². The Morgan fingerprint density at radius 2 is 1.96 bits per heavy atom. The molecule has 0 aliphatic heterocycles. The van der Waals surface area contributed by atoms with E-state index in [0.717, 1.165) is 35.4 Å². The lowest BCUT2D eigenvalue weighted by molar-refractivity contribution is -0.116. The van der Waals surface area contributed by atoms with Gasteiger partial charge in [-0.15, -0.1) is 0 Å². The molecule has 128 valence electrons. The summed E-state index contributed by atoms with van der Waals surface area (Å²) in [6.07, 6.45) is 1.36. The van der Waals surface area contributed by atoms with Crippen molar-refractivity contribution in [2.75, 3.05) is 32.6 Å². The van der Waals surface area contributed by atoms with E-state index in [1.807, 2.05) is 49.5 Å². The van der Waals surface area contributed by atoms with Crippen molar-refractivity contribution in [1.29, 1.82) is 0 Å². The van der Waals surface area contributed by atoms with Crippen molar-refractivity contribution < 1.29 is 9.53 Å². The number of hydrogen-bond acceptors (Lipinski definition) is 3. The quantitative estimate of drug-likeness (QED) is 0.741. The molecule has 1 N–H and O–H groups in total. The second-order valence-electron chi connectivity index (χ2n) is 5.67. The zero-order valence-electron chi connectivity index (χ0n) is 14.1. The zero-order valence-corrected chi connectivity index (χ0v) is 15.7. The Balaban J connectivity index is 1.74.